The van der Waals surface area contributed by atoms with Crippen LogP contribution in [-0.2, 0) is 6.42 Å². The highest BCUT2D eigenvalue weighted by molar-refractivity contribution is 5.14. The van der Waals surface area contributed by atoms with Crippen molar-refractivity contribution in [2.75, 3.05) is 6.54 Å². The smallest absolute Gasteiger partial charge is 0.00773 e. The van der Waals surface area contributed by atoms with Gasteiger partial charge in [-0.1, -0.05) is 81.7 Å². The topological polar surface area (TPSA) is 26.0 Å². The zero-order valence-electron chi connectivity index (χ0n) is 12.4. The standard InChI is InChI=1S/C18H31N/c19-17-13-8-6-4-2-1-3-5-7-10-14-18-15-11-9-12-16-18/h9,11-12,15-16H,1-8,10,13-14,17,19H2. The fraction of sp³-hybridized carbons (Fsp3) is 0.667. The molecule has 108 valence electrons. The van der Waals surface area contributed by atoms with E-state index in [-0.39, 0.29) is 0 Å². The van der Waals surface area contributed by atoms with E-state index < -0.39 is 0 Å². The van der Waals surface area contributed by atoms with Crippen LogP contribution in [0.1, 0.15) is 69.8 Å². The number of benzene rings is 1. The summed E-state index contributed by atoms with van der Waals surface area (Å²) in [5, 5.41) is 0. The predicted molar refractivity (Wildman–Crippen MR) is 85.4 cm³/mol. The van der Waals surface area contributed by atoms with Gasteiger partial charge in [-0.05, 0) is 31.4 Å². The molecule has 0 spiro atoms. The zero-order valence-corrected chi connectivity index (χ0v) is 12.4. The van der Waals surface area contributed by atoms with Crippen LogP contribution in [0.2, 0.25) is 0 Å². The second-order valence-corrected chi connectivity index (χ2v) is 5.56. The summed E-state index contributed by atoms with van der Waals surface area (Å²) in [6, 6.07) is 10.8. The van der Waals surface area contributed by atoms with Crippen LogP contribution in [0.25, 0.3) is 0 Å². The lowest BCUT2D eigenvalue weighted by Gasteiger charge is -2.03. The maximum Gasteiger partial charge on any atom is -0.00773 e. The van der Waals surface area contributed by atoms with Crippen molar-refractivity contribution in [2.45, 2.75) is 70.6 Å². The second-order valence-electron chi connectivity index (χ2n) is 5.56. The van der Waals surface area contributed by atoms with Gasteiger partial charge < -0.3 is 5.73 Å². The molecule has 0 aromatic heterocycles. The van der Waals surface area contributed by atoms with Crippen LogP contribution in [0.5, 0.6) is 0 Å². The molecule has 0 unspecified atom stereocenters. The van der Waals surface area contributed by atoms with Crippen molar-refractivity contribution in [1.82, 2.24) is 0 Å². The lowest BCUT2D eigenvalue weighted by atomic mass is 10.0. The molecule has 0 saturated carbocycles. The molecule has 0 heterocycles. The largest absolute Gasteiger partial charge is 0.330 e. The summed E-state index contributed by atoms with van der Waals surface area (Å²) < 4.78 is 0. The number of nitrogens with two attached hydrogens (primary N) is 1. The van der Waals surface area contributed by atoms with Crippen molar-refractivity contribution >= 4 is 0 Å². The molecule has 0 aliphatic heterocycles. The van der Waals surface area contributed by atoms with Gasteiger partial charge in [-0.25, -0.2) is 0 Å². The first-order chi connectivity index (χ1) is 9.43. The SMILES string of the molecule is NCCCCCCCCCCCCc1ccccc1. The molecule has 1 aromatic carbocycles. The quantitative estimate of drug-likeness (QED) is 0.521. The Balaban J connectivity index is 1.79. The molecule has 0 aliphatic carbocycles. The van der Waals surface area contributed by atoms with E-state index in [1.54, 1.807) is 0 Å². The summed E-state index contributed by atoms with van der Waals surface area (Å²) in [7, 11) is 0. The molecule has 0 fully saturated rings. The van der Waals surface area contributed by atoms with Crippen LogP contribution in [-0.4, -0.2) is 6.54 Å². The van der Waals surface area contributed by atoms with Crippen molar-refractivity contribution in [1.29, 1.82) is 0 Å². The van der Waals surface area contributed by atoms with Crippen molar-refractivity contribution in [3.05, 3.63) is 35.9 Å². The molecule has 1 heteroatoms. The lowest BCUT2D eigenvalue weighted by Crippen LogP contribution is -1.97. The number of hydrogen-bond donors (Lipinski definition) is 1. The molecule has 0 amide bonds. The van der Waals surface area contributed by atoms with Crippen LogP contribution < -0.4 is 5.73 Å². The zero-order chi connectivity index (χ0) is 13.6. The van der Waals surface area contributed by atoms with Gasteiger partial charge in [0.2, 0.25) is 0 Å². The third kappa shape index (κ3) is 9.72. The first-order valence-electron chi connectivity index (χ1n) is 8.17. The van der Waals surface area contributed by atoms with E-state index in [0.29, 0.717) is 0 Å². The Labute approximate surface area is 119 Å². The Bertz CT molecular complexity index is 281. The van der Waals surface area contributed by atoms with Crippen molar-refractivity contribution in [2.24, 2.45) is 5.73 Å². The van der Waals surface area contributed by atoms with E-state index in [4.69, 9.17) is 5.73 Å². The second kappa shape index (κ2) is 12.2. The van der Waals surface area contributed by atoms with E-state index in [9.17, 15) is 0 Å². The fourth-order valence-corrected chi connectivity index (χ4v) is 2.53. The van der Waals surface area contributed by atoms with Crippen molar-refractivity contribution in [3.63, 3.8) is 0 Å². The molecule has 0 saturated heterocycles. The minimum absolute atomic E-state index is 0.863. The Morgan fingerprint density at radius 1 is 0.579 bits per heavy atom. The van der Waals surface area contributed by atoms with E-state index >= 15 is 0 Å². The van der Waals surface area contributed by atoms with Crippen molar-refractivity contribution < 1.29 is 0 Å². The van der Waals surface area contributed by atoms with E-state index in [0.717, 1.165) is 6.54 Å². The Kier molecular flexibility index (Phi) is 10.4. The monoisotopic (exact) mass is 261 g/mol. The van der Waals surface area contributed by atoms with Gasteiger partial charge in [0.1, 0.15) is 0 Å². The van der Waals surface area contributed by atoms with Gasteiger partial charge in [0.05, 0.1) is 0 Å². The molecule has 1 nitrogen and oxygen atoms in total. The highest BCUT2D eigenvalue weighted by Gasteiger charge is 1.94. The number of rotatable bonds is 12. The minimum atomic E-state index is 0.863. The Morgan fingerprint density at radius 2 is 1.05 bits per heavy atom. The molecule has 0 bridgehead atoms. The van der Waals surface area contributed by atoms with Crippen LogP contribution in [0.4, 0.5) is 0 Å². The van der Waals surface area contributed by atoms with Crippen LogP contribution in [0.3, 0.4) is 0 Å². The summed E-state index contributed by atoms with van der Waals surface area (Å²) in [5.41, 5.74) is 6.97. The molecule has 19 heavy (non-hydrogen) atoms. The summed E-state index contributed by atoms with van der Waals surface area (Å²) in [4.78, 5) is 0. The van der Waals surface area contributed by atoms with E-state index in [1.165, 1.54) is 76.2 Å². The van der Waals surface area contributed by atoms with Crippen molar-refractivity contribution in [3.8, 4) is 0 Å². The highest BCUT2D eigenvalue weighted by Crippen LogP contribution is 2.12. The number of aryl methyl sites for hydroxylation is 1. The molecule has 0 atom stereocenters. The molecule has 0 aliphatic rings. The average Bonchev–Trinajstić information content (AvgIpc) is 2.46. The maximum absolute atomic E-state index is 5.48. The summed E-state index contributed by atoms with van der Waals surface area (Å²) in [6.07, 6.45) is 15.0. The van der Waals surface area contributed by atoms with E-state index in [2.05, 4.69) is 30.3 Å². The summed E-state index contributed by atoms with van der Waals surface area (Å²) >= 11 is 0. The Hall–Kier alpha value is -0.820. The van der Waals surface area contributed by atoms with Crippen LogP contribution in [0, 0.1) is 0 Å². The highest BCUT2D eigenvalue weighted by atomic mass is 14.5. The van der Waals surface area contributed by atoms with Crippen LogP contribution in [0.15, 0.2) is 30.3 Å². The van der Waals surface area contributed by atoms with Gasteiger partial charge in [0.15, 0.2) is 0 Å². The fourth-order valence-electron chi connectivity index (χ4n) is 2.53. The first kappa shape index (κ1) is 16.2. The van der Waals surface area contributed by atoms with Gasteiger partial charge in [0.25, 0.3) is 0 Å². The minimum Gasteiger partial charge on any atom is -0.330 e. The Morgan fingerprint density at radius 3 is 1.58 bits per heavy atom. The molecule has 0 radical (unpaired) electrons. The molecular weight excluding hydrogens is 230 g/mol. The predicted octanol–water partition coefficient (Wildman–Crippen LogP) is 5.09. The summed E-state index contributed by atoms with van der Waals surface area (Å²) in [6.45, 7) is 0.863. The third-order valence-electron chi connectivity index (χ3n) is 3.76. The molecule has 1 aromatic rings. The van der Waals surface area contributed by atoms with Crippen LogP contribution >= 0.6 is 0 Å². The molecule has 1 rings (SSSR count). The molecular formula is C18H31N. The van der Waals surface area contributed by atoms with Gasteiger partial charge in [-0.2, -0.15) is 0 Å². The third-order valence-corrected chi connectivity index (χ3v) is 3.76. The lowest BCUT2D eigenvalue weighted by molar-refractivity contribution is 0.553. The number of unbranched alkanes of at least 4 members (excludes halogenated alkanes) is 9. The maximum atomic E-state index is 5.48. The van der Waals surface area contributed by atoms with Gasteiger partial charge in [-0.15, -0.1) is 0 Å². The average molecular weight is 261 g/mol. The molecule has 2 N–H and O–H groups in total. The van der Waals surface area contributed by atoms with Gasteiger partial charge >= 0.3 is 0 Å². The van der Waals surface area contributed by atoms with Gasteiger partial charge in [0, 0.05) is 0 Å². The summed E-state index contributed by atoms with van der Waals surface area (Å²) in [5.74, 6) is 0. The van der Waals surface area contributed by atoms with Gasteiger partial charge in [-0.3, -0.25) is 0 Å². The number of hydrogen-bond acceptors (Lipinski definition) is 1. The van der Waals surface area contributed by atoms with E-state index in [1.807, 2.05) is 0 Å². The normalized spacial score (nSPS) is 10.8. The first-order valence-corrected chi connectivity index (χ1v) is 8.17.